The molecule has 15 heteroatoms. The van der Waals surface area contributed by atoms with Gasteiger partial charge in [-0.2, -0.15) is 0 Å². The first-order valence-electron chi connectivity index (χ1n) is 10.8. The largest absolute Gasteiger partial charge is 0.546 e. The minimum Gasteiger partial charge on any atom is -0.546 e. The van der Waals surface area contributed by atoms with Gasteiger partial charge in [0.1, 0.15) is 17.1 Å². The van der Waals surface area contributed by atoms with Crippen molar-refractivity contribution < 1.29 is 38.8 Å². The number of fused-ring (bicyclic) bond motifs is 1. The average molecular weight is 546 g/mol. The molecule has 0 saturated carbocycles. The number of hydrogen-bond acceptors (Lipinski definition) is 12. The van der Waals surface area contributed by atoms with Crippen molar-refractivity contribution in [3.63, 3.8) is 0 Å². The zero-order chi connectivity index (χ0) is 26.9. The fourth-order valence-corrected chi connectivity index (χ4v) is 5.44. The number of carboxylic acids is 2. The molecule has 194 valence electrons. The Kier molecular flexibility index (Phi) is 7.18. The lowest BCUT2D eigenvalue weighted by atomic mass is 10.0. The Labute approximate surface area is 218 Å². The van der Waals surface area contributed by atoms with Gasteiger partial charge in [-0.15, -0.1) is 23.1 Å². The minimum atomic E-state index is -1.86. The van der Waals surface area contributed by atoms with E-state index in [0.717, 1.165) is 16.2 Å². The summed E-state index contributed by atoms with van der Waals surface area (Å²) in [5.41, 5.74) is 3.65. The van der Waals surface area contributed by atoms with Gasteiger partial charge in [0.25, 0.3) is 11.8 Å². The number of pyridine rings is 1. The van der Waals surface area contributed by atoms with Gasteiger partial charge in [-0.25, -0.2) is 9.55 Å². The topological polar surface area (TPSA) is 194 Å². The molecule has 2 aromatic rings. The van der Waals surface area contributed by atoms with Gasteiger partial charge in [0, 0.05) is 28.8 Å². The SMILES string of the molecule is CC(C)(ON=C(C(=O)NC1C(=O)N2C(C(=O)[O-])=C(C[n+]3ccccc3)CSC12)c1csc(N)n1)C(=O)[O-]. The maximum atomic E-state index is 13.1. The number of nitrogens with two attached hydrogens (primary N) is 1. The first-order valence-corrected chi connectivity index (χ1v) is 12.7. The van der Waals surface area contributed by atoms with Crippen LogP contribution < -0.4 is 25.8 Å². The number of thioether (sulfide) groups is 1. The van der Waals surface area contributed by atoms with Gasteiger partial charge in [0.05, 0.1) is 17.6 Å². The molecule has 4 heterocycles. The number of oxime groups is 1. The predicted octanol–water partition coefficient (Wildman–Crippen LogP) is -2.63. The number of nitrogens with zero attached hydrogens (tertiary/aromatic N) is 4. The minimum absolute atomic E-state index is 0.00608. The van der Waals surface area contributed by atoms with E-state index in [1.165, 1.54) is 31.0 Å². The molecule has 2 aliphatic rings. The molecule has 1 saturated heterocycles. The lowest BCUT2D eigenvalue weighted by molar-refractivity contribution is -0.689. The van der Waals surface area contributed by atoms with Crippen LogP contribution in [-0.2, 0) is 30.6 Å². The lowest BCUT2D eigenvalue weighted by Gasteiger charge is -2.50. The van der Waals surface area contributed by atoms with Crippen LogP contribution in [0.1, 0.15) is 19.5 Å². The van der Waals surface area contributed by atoms with Crippen LogP contribution in [0.2, 0.25) is 0 Å². The number of thiazole rings is 1. The van der Waals surface area contributed by atoms with Crippen LogP contribution in [0.15, 0.2) is 52.4 Å². The highest BCUT2D eigenvalue weighted by atomic mass is 32.2. The fraction of sp³-hybridized carbons (Fsp3) is 0.318. The van der Waals surface area contributed by atoms with Gasteiger partial charge in [0.2, 0.25) is 0 Å². The number of anilines is 1. The first-order chi connectivity index (χ1) is 17.5. The van der Waals surface area contributed by atoms with Crippen LogP contribution in [0.4, 0.5) is 5.13 Å². The van der Waals surface area contributed by atoms with Gasteiger partial charge in [0.15, 0.2) is 35.4 Å². The molecule has 37 heavy (non-hydrogen) atoms. The van der Waals surface area contributed by atoms with Gasteiger partial charge in [-0.05, 0) is 13.8 Å². The van der Waals surface area contributed by atoms with Crippen LogP contribution in [0.5, 0.6) is 0 Å². The summed E-state index contributed by atoms with van der Waals surface area (Å²) in [6, 6.07) is 4.34. The number of rotatable bonds is 9. The maximum absolute atomic E-state index is 13.1. The Bertz CT molecular complexity index is 1320. The number of aliphatic carboxylic acids is 2. The number of nitrogen functional groups attached to an aromatic ring is 1. The van der Waals surface area contributed by atoms with Crippen molar-refractivity contribution in [2.24, 2.45) is 5.16 Å². The highest BCUT2D eigenvalue weighted by Gasteiger charge is 2.53. The Morgan fingerprint density at radius 2 is 2.00 bits per heavy atom. The first kappa shape index (κ1) is 26.1. The summed E-state index contributed by atoms with van der Waals surface area (Å²) in [7, 11) is 0. The van der Waals surface area contributed by atoms with E-state index in [1.54, 1.807) is 29.1 Å². The molecule has 0 radical (unpaired) electrons. The van der Waals surface area contributed by atoms with Crippen molar-refractivity contribution in [1.29, 1.82) is 0 Å². The van der Waals surface area contributed by atoms with Crippen LogP contribution in [0, 0.1) is 0 Å². The average Bonchev–Trinajstić information content (AvgIpc) is 3.28. The molecule has 0 aliphatic carbocycles. The van der Waals surface area contributed by atoms with Crippen LogP contribution >= 0.6 is 23.1 Å². The van der Waals surface area contributed by atoms with Crippen LogP contribution in [-0.4, -0.2) is 62.1 Å². The summed E-state index contributed by atoms with van der Waals surface area (Å²) >= 11 is 2.30. The highest BCUT2D eigenvalue weighted by molar-refractivity contribution is 8.00. The summed E-state index contributed by atoms with van der Waals surface area (Å²) in [5.74, 6) is -4.30. The van der Waals surface area contributed by atoms with E-state index in [2.05, 4.69) is 15.5 Å². The molecule has 2 aliphatic heterocycles. The molecule has 0 spiro atoms. The Hall–Kier alpha value is -3.98. The Morgan fingerprint density at radius 1 is 1.30 bits per heavy atom. The standard InChI is InChI=1S/C22H22N6O7S2/c1-22(2,20(33)34)35-26-13(12-10-37-21(23)24-12)16(29)25-14-17(30)28-15(19(31)32)11(9-36-18(14)28)8-27-6-4-3-5-7-27/h3-7,10,14,18H,8-9H2,1-2H3,(H4-,23,24,25,29,31,32,33,34)/p-1. The van der Waals surface area contributed by atoms with Crippen molar-refractivity contribution in [3.8, 4) is 0 Å². The monoisotopic (exact) mass is 545 g/mol. The van der Waals surface area contributed by atoms with Gasteiger partial charge < -0.3 is 35.7 Å². The highest BCUT2D eigenvalue weighted by Crippen LogP contribution is 2.40. The third-order valence-corrected chi connectivity index (χ3v) is 7.53. The lowest BCUT2D eigenvalue weighted by Crippen LogP contribution is -2.71. The van der Waals surface area contributed by atoms with Crippen molar-refractivity contribution in [2.75, 3.05) is 11.5 Å². The van der Waals surface area contributed by atoms with Crippen LogP contribution in [0.3, 0.4) is 0 Å². The molecule has 2 aromatic heterocycles. The zero-order valence-corrected chi connectivity index (χ0v) is 21.2. The van der Waals surface area contributed by atoms with Crippen molar-refractivity contribution >= 4 is 57.7 Å². The third kappa shape index (κ3) is 5.27. The number of carbonyl (C=O) groups is 4. The predicted molar refractivity (Wildman–Crippen MR) is 127 cm³/mol. The van der Waals surface area contributed by atoms with Crippen LogP contribution in [0.25, 0.3) is 0 Å². The number of carboxylic acid groups (broad SMARTS) is 2. The molecular weight excluding hydrogens is 524 g/mol. The molecule has 2 amide bonds. The van der Waals surface area contributed by atoms with Crippen molar-refractivity contribution in [1.82, 2.24) is 15.2 Å². The molecule has 13 nitrogen and oxygen atoms in total. The van der Waals surface area contributed by atoms with E-state index >= 15 is 0 Å². The number of hydrogen-bond donors (Lipinski definition) is 2. The molecule has 0 aromatic carbocycles. The molecule has 4 rings (SSSR count). The Morgan fingerprint density at radius 3 is 2.59 bits per heavy atom. The summed E-state index contributed by atoms with van der Waals surface area (Å²) in [6.07, 6.45) is 3.54. The zero-order valence-electron chi connectivity index (χ0n) is 19.6. The summed E-state index contributed by atoms with van der Waals surface area (Å²) in [4.78, 5) is 59.4. The van der Waals surface area contributed by atoms with Gasteiger partial charge >= 0.3 is 0 Å². The Balaban J connectivity index is 1.55. The number of carbonyl (C=O) groups excluding carboxylic acids is 4. The number of β-lactam (4-membered cyclic amide) rings is 1. The van der Waals surface area contributed by atoms with Crippen molar-refractivity contribution in [3.05, 3.63) is 52.9 Å². The number of aromatic nitrogens is 2. The normalized spacial score (nSPS) is 19.7. The van der Waals surface area contributed by atoms with E-state index in [1.807, 2.05) is 6.07 Å². The van der Waals surface area contributed by atoms with E-state index in [0.29, 0.717) is 11.3 Å². The molecule has 2 atom stereocenters. The molecule has 0 bridgehead atoms. The second kappa shape index (κ2) is 10.2. The van der Waals surface area contributed by atoms with E-state index in [-0.39, 0.29) is 23.1 Å². The van der Waals surface area contributed by atoms with Crippen molar-refractivity contribution in [2.45, 2.75) is 37.4 Å². The van der Waals surface area contributed by atoms with Gasteiger partial charge in [-0.3, -0.25) is 14.5 Å². The number of amides is 2. The quantitative estimate of drug-likeness (QED) is 0.146. The molecule has 2 unspecified atom stereocenters. The van der Waals surface area contributed by atoms with Gasteiger partial charge in [-0.1, -0.05) is 11.2 Å². The summed E-state index contributed by atoms with van der Waals surface area (Å²) in [5, 5.41) is 30.3. The maximum Gasteiger partial charge on any atom is 0.276 e. The summed E-state index contributed by atoms with van der Waals surface area (Å²) in [6.45, 7) is 2.61. The number of nitrogens with one attached hydrogen (secondary N) is 1. The molecule has 3 N–H and O–H groups in total. The van der Waals surface area contributed by atoms with E-state index in [9.17, 15) is 29.4 Å². The molecule has 1 fully saturated rings. The second-order valence-corrected chi connectivity index (χ2v) is 10.5. The third-order valence-electron chi connectivity index (χ3n) is 5.51. The van der Waals surface area contributed by atoms with E-state index < -0.39 is 46.5 Å². The smallest absolute Gasteiger partial charge is 0.276 e. The van der Waals surface area contributed by atoms with E-state index in [4.69, 9.17) is 10.6 Å². The fourth-order valence-electron chi connectivity index (χ4n) is 3.56. The molecular formula is C22H21N6O7S2-. The summed E-state index contributed by atoms with van der Waals surface area (Å²) < 4.78 is 1.78. The second-order valence-electron chi connectivity index (χ2n) is 8.55.